The zero-order valence-corrected chi connectivity index (χ0v) is 11.5. The first kappa shape index (κ1) is 13.7. The molecule has 0 radical (unpaired) electrons. The van der Waals surface area contributed by atoms with Crippen LogP contribution >= 0.6 is 0 Å². The average molecular weight is 274 g/mol. The van der Waals surface area contributed by atoms with Crippen LogP contribution in [0.3, 0.4) is 0 Å². The second kappa shape index (κ2) is 5.63. The van der Waals surface area contributed by atoms with Crippen molar-refractivity contribution >= 4 is 0 Å². The summed E-state index contributed by atoms with van der Waals surface area (Å²) in [6.45, 7) is 7.87. The van der Waals surface area contributed by atoms with Crippen molar-refractivity contribution in [1.82, 2.24) is 0 Å². The Kier molecular flexibility index (Phi) is 4.07. The maximum absolute atomic E-state index is 5.88. The Hall–Kier alpha value is -0.240. The van der Waals surface area contributed by atoms with Crippen molar-refractivity contribution in [2.24, 2.45) is 0 Å². The SMILES string of the molecule is CC(OCC1CO1)C(C)(OCC1CO1)OCC1CO1. The molecule has 0 bridgehead atoms. The Labute approximate surface area is 113 Å². The smallest absolute Gasteiger partial charge is 0.191 e. The summed E-state index contributed by atoms with van der Waals surface area (Å²) in [7, 11) is 0. The van der Waals surface area contributed by atoms with E-state index in [0.717, 1.165) is 19.8 Å². The van der Waals surface area contributed by atoms with Gasteiger partial charge in [-0.1, -0.05) is 0 Å². The van der Waals surface area contributed by atoms with Gasteiger partial charge in [0.05, 0.1) is 39.6 Å². The van der Waals surface area contributed by atoms with Crippen molar-refractivity contribution in [3.8, 4) is 0 Å². The molecular formula is C13H22O6. The largest absolute Gasteiger partial charge is 0.371 e. The third-order valence-corrected chi connectivity index (χ3v) is 3.59. The Morgan fingerprint density at radius 2 is 1.37 bits per heavy atom. The molecule has 4 unspecified atom stereocenters. The van der Waals surface area contributed by atoms with Gasteiger partial charge < -0.3 is 28.4 Å². The molecule has 0 aromatic heterocycles. The molecule has 3 heterocycles. The van der Waals surface area contributed by atoms with Crippen LogP contribution < -0.4 is 0 Å². The molecule has 3 aliphatic rings. The maximum Gasteiger partial charge on any atom is 0.191 e. The lowest BCUT2D eigenvalue weighted by atomic mass is 10.2. The van der Waals surface area contributed by atoms with Crippen LogP contribution in [0.2, 0.25) is 0 Å². The van der Waals surface area contributed by atoms with E-state index >= 15 is 0 Å². The summed E-state index contributed by atoms with van der Waals surface area (Å²) in [4.78, 5) is 0. The highest BCUT2D eigenvalue weighted by atomic mass is 16.7. The predicted molar refractivity (Wildman–Crippen MR) is 64.9 cm³/mol. The maximum atomic E-state index is 5.88. The van der Waals surface area contributed by atoms with Gasteiger partial charge in [-0.3, -0.25) is 0 Å². The molecule has 0 aromatic carbocycles. The number of hydrogen-bond acceptors (Lipinski definition) is 6. The third kappa shape index (κ3) is 4.37. The zero-order chi connectivity index (χ0) is 13.3. The van der Waals surface area contributed by atoms with Gasteiger partial charge in [-0.25, -0.2) is 0 Å². The first-order chi connectivity index (χ1) is 9.16. The van der Waals surface area contributed by atoms with Crippen molar-refractivity contribution in [1.29, 1.82) is 0 Å². The van der Waals surface area contributed by atoms with Gasteiger partial charge in [0, 0.05) is 0 Å². The average Bonchev–Trinajstić information content (AvgIpc) is 3.29. The Morgan fingerprint density at radius 3 is 1.79 bits per heavy atom. The van der Waals surface area contributed by atoms with Crippen LogP contribution in [-0.4, -0.2) is 69.8 Å². The number of ether oxygens (including phenoxy) is 6. The van der Waals surface area contributed by atoms with Crippen LogP contribution in [0.15, 0.2) is 0 Å². The Balaban J connectivity index is 1.47. The summed E-state index contributed by atoms with van der Waals surface area (Å²) in [6, 6.07) is 0. The first-order valence-corrected chi connectivity index (χ1v) is 6.90. The molecule has 0 spiro atoms. The molecular weight excluding hydrogens is 252 g/mol. The van der Waals surface area contributed by atoms with Crippen LogP contribution in [0.1, 0.15) is 13.8 Å². The molecule has 6 nitrogen and oxygen atoms in total. The molecule has 3 aliphatic heterocycles. The molecule has 3 saturated heterocycles. The number of epoxide rings is 3. The van der Waals surface area contributed by atoms with Gasteiger partial charge >= 0.3 is 0 Å². The third-order valence-electron chi connectivity index (χ3n) is 3.59. The van der Waals surface area contributed by atoms with Crippen molar-refractivity contribution in [2.45, 2.75) is 44.1 Å². The highest BCUT2D eigenvalue weighted by molar-refractivity contribution is 4.79. The number of hydrogen-bond donors (Lipinski definition) is 0. The van der Waals surface area contributed by atoms with Gasteiger partial charge in [0.15, 0.2) is 5.79 Å². The van der Waals surface area contributed by atoms with Gasteiger partial charge in [-0.05, 0) is 13.8 Å². The predicted octanol–water partition coefficient (Wildman–Crippen LogP) is 0.337. The quantitative estimate of drug-likeness (QED) is 0.423. The van der Waals surface area contributed by atoms with E-state index in [1.54, 1.807) is 0 Å². The lowest BCUT2D eigenvalue weighted by Gasteiger charge is -2.35. The molecule has 0 aromatic rings. The van der Waals surface area contributed by atoms with Gasteiger partial charge in [-0.15, -0.1) is 0 Å². The highest BCUT2D eigenvalue weighted by Crippen LogP contribution is 2.26. The summed E-state index contributed by atoms with van der Waals surface area (Å²) < 4.78 is 33.0. The fraction of sp³-hybridized carbons (Fsp3) is 1.00. The monoisotopic (exact) mass is 274 g/mol. The fourth-order valence-corrected chi connectivity index (χ4v) is 1.69. The van der Waals surface area contributed by atoms with E-state index in [2.05, 4.69) is 0 Å². The van der Waals surface area contributed by atoms with Crippen LogP contribution in [0, 0.1) is 0 Å². The molecule has 19 heavy (non-hydrogen) atoms. The first-order valence-electron chi connectivity index (χ1n) is 6.90. The molecule has 110 valence electrons. The van der Waals surface area contributed by atoms with Crippen molar-refractivity contribution in [3.63, 3.8) is 0 Å². The van der Waals surface area contributed by atoms with E-state index in [-0.39, 0.29) is 24.4 Å². The molecule has 0 saturated carbocycles. The normalized spacial score (nSPS) is 36.6. The minimum absolute atomic E-state index is 0.172. The topological polar surface area (TPSA) is 65.3 Å². The van der Waals surface area contributed by atoms with Crippen LogP contribution in [0.4, 0.5) is 0 Å². The van der Waals surface area contributed by atoms with Crippen molar-refractivity contribution in [3.05, 3.63) is 0 Å². The lowest BCUT2D eigenvalue weighted by Crippen LogP contribution is -2.46. The highest BCUT2D eigenvalue weighted by Gasteiger charge is 2.40. The Morgan fingerprint density at radius 1 is 0.947 bits per heavy atom. The summed E-state index contributed by atoms with van der Waals surface area (Å²) in [5.41, 5.74) is 0. The molecule has 6 heteroatoms. The minimum Gasteiger partial charge on any atom is -0.371 e. The molecule has 0 amide bonds. The van der Waals surface area contributed by atoms with Crippen LogP contribution in [0.25, 0.3) is 0 Å². The van der Waals surface area contributed by atoms with E-state index in [0.29, 0.717) is 19.8 Å². The van der Waals surface area contributed by atoms with E-state index in [1.165, 1.54) is 0 Å². The lowest BCUT2D eigenvalue weighted by molar-refractivity contribution is -0.280. The summed E-state index contributed by atoms with van der Waals surface area (Å²) in [5, 5.41) is 0. The van der Waals surface area contributed by atoms with Crippen LogP contribution in [0.5, 0.6) is 0 Å². The van der Waals surface area contributed by atoms with E-state index in [9.17, 15) is 0 Å². The van der Waals surface area contributed by atoms with Gasteiger partial charge in [0.25, 0.3) is 0 Å². The zero-order valence-electron chi connectivity index (χ0n) is 11.5. The van der Waals surface area contributed by atoms with E-state index in [4.69, 9.17) is 28.4 Å². The van der Waals surface area contributed by atoms with Gasteiger partial charge in [0.1, 0.15) is 24.4 Å². The van der Waals surface area contributed by atoms with E-state index in [1.807, 2.05) is 13.8 Å². The molecule has 4 atom stereocenters. The summed E-state index contributed by atoms with van der Waals surface area (Å²) >= 11 is 0. The standard InChI is InChI=1S/C13H22O6/c1-9(14-3-10-4-15-10)13(2,18-7-11-5-16-11)19-8-12-6-17-12/h9-12H,3-8H2,1-2H3. The van der Waals surface area contributed by atoms with Gasteiger partial charge in [-0.2, -0.15) is 0 Å². The number of rotatable bonds is 10. The summed E-state index contributed by atoms with van der Waals surface area (Å²) in [5.74, 6) is -0.771. The Bertz CT molecular complexity index is 282. The fourth-order valence-electron chi connectivity index (χ4n) is 1.69. The minimum atomic E-state index is -0.771. The molecule has 0 aliphatic carbocycles. The van der Waals surface area contributed by atoms with Crippen molar-refractivity contribution in [2.75, 3.05) is 39.6 Å². The molecule has 0 N–H and O–H groups in total. The van der Waals surface area contributed by atoms with E-state index < -0.39 is 5.79 Å². The second-order valence-corrected chi connectivity index (χ2v) is 5.48. The van der Waals surface area contributed by atoms with Crippen molar-refractivity contribution < 1.29 is 28.4 Å². The summed E-state index contributed by atoms with van der Waals surface area (Å²) in [6.07, 6.45) is 0.484. The molecule has 3 fully saturated rings. The van der Waals surface area contributed by atoms with Crippen LogP contribution in [-0.2, 0) is 28.4 Å². The molecule has 3 rings (SSSR count). The van der Waals surface area contributed by atoms with Gasteiger partial charge in [0.2, 0.25) is 0 Å². The second-order valence-electron chi connectivity index (χ2n) is 5.48.